The molecule has 1 aromatic carbocycles. The van der Waals surface area contributed by atoms with E-state index in [4.69, 9.17) is 5.84 Å². The molecule has 0 aliphatic rings. The Balaban J connectivity index is 2.11. The Labute approximate surface area is 113 Å². The van der Waals surface area contributed by atoms with Crippen molar-refractivity contribution in [3.05, 3.63) is 40.4 Å². The first-order chi connectivity index (χ1) is 8.70. The molecule has 0 spiro atoms. The van der Waals surface area contributed by atoms with Crippen LogP contribution in [0, 0.1) is 6.92 Å². The fourth-order valence-electron chi connectivity index (χ4n) is 1.42. The molecule has 0 saturated carbocycles. The van der Waals surface area contributed by atoms with Gasteiger partial charge in [0.2, 0.25) is 0 Å². The van der Waals surface area contributed by atoms with Crippen molar-refractivity contribution in [2.24, 2.45) is 5.84 Å². The zero-order valence-electron chi connectivity index (χ0n) is 9.71. The van der Waals surface area contributed by atoms with E-state index in [9.17, 15) is 4.79 Å². The van der Waals surface area contributed by atoms with E-state index in [0.717, 1.165) is 14.9 Å². The summed E-state index contributed by atoms with van der Waals surface area (Å²) >= 11 is 3.10. The largest absolute Gasteiger partial charge is 0.290 e. The average molecular weight is 280 g/mol. The fraction of sp³-hybridized carbons (Fsp3) is 0.182. The molecular formula is C11H12N4OS2. The van der Waals surface area contributed by atoms with Gasteiger partial charge >= 0.3 is 0 Å². The van der Waals surface area contributed by atoms with Gasteiger partial charge in [0, 0.05) is 11.3 Å². The molecule has 2 aromatic rings. The molecular weight excluding hydrogens is 268 g/mol. The number of hydrogen-bond acceptors (Lipinski definition) is 6. The topological polar surface area (TPSA) is 80.9 Å². The summed E-state index contributed by atoms with van der Waals surface area (Å²) in [5.41, 5.74) is 3.67. The van der Waals surface area contributed by atoms with E-state index in [-0.39, 0.29) is 5.91 Å². The molecule has 0 fully saturated rings. The first kappa shape index (κ1) is 13.0. The van der Waals surface area contributed by atoms with Gasteiger partial charge in [-0.2, -0.15) is 0 Å². The Kier molecular flexibility index (Phi) is 4.29. The van der Waals surface area contributed by atoms with Gasteiger partial charge in [-0.05, 0) is 18.6 Å². The Bertz CT molecular complexity index is 555. The van der Waals surface area contributed by atoms with Crippen LogP contribution >= 0.6 is 23.1 Å². The summed E-state index contributed by atoms with van der Waals surface area (Å²) in [6.07, 6.45) is 0. The summed E-state index contributed by atoms with van der Waals surface area (Å²) in [5, 5.41) is 8.92. The number of nitrogen functional groups attached to an aromatic ring is 1. The maximum absolute atomic E-state index is 11.6. The van der Waals surface area contributed by atoms with Crippen molar-refractivity contribution in [2.75, 3.05) is 0 Å². The average Bonchev–Trinajstić information content (AvgIpc) is 2.81. The van der Waals surface area contributed by atoms with Crippen LogP contribution in [0.2, 0.25) is 0 Å². The second-order valence-corrected chi connectivity index (χ2v) is 5.91. The van der Waals surface area contributed by atoms with Crippen molar-refractivity contribution in [1.29, 1.82) is 0 Å². The lowest BCUT2D eigenvalue weighted by Gasteiger charge is -2.06. The number of rotatable bonds is 4. The van der Waals surface area contributed by atoms with Crippen LogP contribution in [0.4, 0.5) is 0 Å². The van der Waals surface area contributed by atoms with Crippen LogP contribution in [-0.4, -0.2) is 16.1 Å². The number of thioether (sulfide) groups is 1. The van der Waals surface area contributed by atoms with Gasteiger partial charge in [0.05, 0.1) is 0 Å². The van der Waals surface area contributed by atoms with E-state index >= 15 is 0 Å². The molecule has 0 aliphatic carbocycles. The highest BCUT2D eigenvalue weighted by atomic mass is 32.2. The Hall–Kier alpha value is -1.44. The lowest BCUT2D eigenvalue weighted by molar-refractivity contribution is 0.0953. The maximum atomic E-state index is 11.6. The van der Waals surface area contributed by atoms with Gasteiger partial charge in [0.1, 0.15) is 5.01 Å². The molecule has 1 aromatic heterocycles. The third-order valence-corrected chi connectivity index (χ3v) is 4.27. The van der Waals surface area contributed by atoms with Crippen molar-refractivity contribution in [2.45, 2.75) is 17.0 Å². The normalized spacial score (nSPS) is 10.3. The zero-order chi connectivity index (χ0) is 13.0. The Morgan fingerprint density at radius 3 is 2.89 bits per heavy atom. The number of carbonyl (C=O) groups is 1. The van der Waals surface area contributed by atoms with Gasteiger partial charge in [-0.25, -0.2) is 5.84 Å². The fourth-order valence-corrected chi connectivity index (χ4v) is 3.24. The monoisotopic (exact) mass is 280 g/mol. The summed E-state index contributed by atoms with van der Waals surface area (Å²) in [6, 6.07) is 7.37. The van der Waals surface area contributed by atoms with E-state index in [2.05, 4.69) is 15.6 Å². The number of nitrogens with one attached hydrogen (secondary N) is 1. The van der Waals surface area contributed by atoms with Crippen molar-refractivity contribution in [1.82, 2.24) is 15.6 Å². The molecule has 0 radical (unpaired) electrons. The van der Waals surface area contributed by atoms with Gasteiger partial charge in [0.25, 0.3) is 5.91 Å². The molecule has 0 aliphatic heterocycles. The minimum absolute atomic E-state index is 0.278. The first-order valence-electron chi connectivity index (χ1n) is 5.22. The summed E-state index contributed by atoms with van der Waals surface area (Å²) in [6.45, 7) is 1.91. The highest BCUT2D eigenvalue weighted by molar-refractivity contribution is 8.00. The lowest BCUT2D eigenvalue weighted by Crippen LogP contribution is -2.30. The van der Waals surface area contributed by atoms with Gasteiger partial charge in [-0.15, -0.1) is 10.2 Å². The molecule has 3 N–H and O–H groups in total. The predicted octanol–water partition coefficient (Wildman–Crippen LogP) is 1.74. The van der Waals surface area contributed by atoms with Crippen molar-refractivity contribution >= 4 is 29.0 Å². The SMILES string of the molecule is Cc1nnc(SCc2ccccc2C(=O)NN)s1. The van der Waals surface area contributed by atoms with Crippen LogP contribution in [0.3, 0.4) is 0 Å². The molecule has 0 unspecified atom stereocenters. The number of hydrogen-bond donors (Lipinski definition) is 2. The molecule has 1 amide bonds. The maximum Gasteiger partial charge on any atom is 0.265 e. The van der Waals surface area contributed by atoms with Crippen LogP contribution in [0.1, 0.15) is 20.9 Å². The van der Waals surface area contributed by atoms with Crippen molar-refractivity contribution < 1.29 is 4.79 Å². The van der Waals surface area contributed by atoms with E-state index < -0.39 is 0 Å². The van der Waals surface area contributed by atoms with Gasteiger partial charge < -0.3 is 0 Å². The van der Waals surface area contributed by atoms with Crippen molar-refractivity contribution in [3.8, 4) is 0 Å². The molecule has 0 saturated heterocycles. The summed E-state index contributed by atoms with van der Waals surface area (Å²) in [4.78, 5) is 11.6. The first-order valence-corrected chi connectivity index (χ1v) is 7.02. The number of nitrogens with zero attached hydrogens (tertiary/aromatic N) is 2. The number of aromatic nitrogens is 2. The van der Waals surface area contributed by atoms with Gasteiger partial charge in [0.15, 0.2) is 4.34 Å². The standard InChI is InChI=1S/C11H12N4OS2/c1-7-14-15-11(18-7)17-6-8-4-2-3-5-9(8)10(16)13-12/h2-5H,6,12H2,1H3,(H,13,16). The minimum Gasteiger partial charge on any atom is -0.290 e. The molecule has 5 nitrogen and oxygen atoms in total. The van der Waals surface area contributed by atoms with E-state index in [1.54, 1.807) is 29.2 Å². The second kappa shape index (κ2) is 5.94. The highest BCUT2D eigenvalue weighted by Crippen LogP contribution is 2.26. The van der Waals surface area contributed by atoms with Gasteiger partial charge in [-0.1, -0.05) is 41.3 Å². The number of benzene rings is 1. The van der Waals surface area contributed by atoms with Crippen LogP contribution < -0.4 is 11.3 Å². The number of carbonyl (C=O) groups excluding carboxylic acids is 1. The Morgan fingerprint density at radius 2 is 2.22 bits per heavy atom. The van der Waals surface area contributed by atoms with Crippen LogP contribution in [0.25, 0.3) is 0 Å². The zero-order valence-corrected chi connectivity index (χ0v) is 11.3. The quantitative estimate of drug-likeness (QED) is 0.386. The number of nitrogens with two attached hydrogens (primary N) is 1. The van der Waals surface area contributed by atoms with Crippen LogP contribution in [-0.2, 0) is 5.75 Å². The minimum atomic E-state index is -0.278. The van der Waals surface area contributed by atoms with E-state index in [1.807, 2.05) is 25.1 Å². The molecule has 7 heteroatoms. The molecule has 2 rings (SSSR count). The summed E-state index contributed by atoms with van der Waals surface area (Å²) < 4.78 is 0.899. The third-order valence-electron chi connectivity index (χ3n) is 2.25. The molecule has 94 valence electrons. The third kappa shape index (κ3) is 3.06. The number of aryl methyl sites for hydroxylation is 1. The van der Waals surface area contributed by atoms with E-state index in [0.29, 0.717) is 11.3 Å². The smallest absolute Gasteiger partial charge is 0.265 e. The number of hydrazine groups is 1. The lowest BCUT2D eigenvalue weighted by atomic mass is 10.1. The molecule has 18 heavy (non-hydrogen) atoms. The van der Waals surface area contributed by atoms with Crippen LogP contribution in [0.15, 0.2) is 28.6 Å². The van der Waals surface area contributed by atoms with Crippen molar-refractivity contribution in [3.63, 3.8) is 0 Å². The Morgan fingerprint density at radius 1 is 1.44 bits per heavy atom. The summed E-state index contributed by atoms with van der Waals surface area (Å²) in [7, 11) is 0. The highest BCUT2D eigenvalue weighted by Gasteiger charge is 2.10. The van der Waals surface area contributed by atoms with Crippen LogP contribution in [0.5, 0.6) is 0 Å². The number of amides is 1. The van der Waals surface area contributed by atoms with E-state index in [1.165, 1.54) is 0 Å². The second-order valence-electron chi connectivity index (χ2n) is 3.51. The predicted molar refractivity (Wildman–Crippen MR) is 72.3 cm³/mol. The van der Waals surface area contributed by atoms with Gasteiger partial charge in [-0.3, -0.25) is 10.2 Å². The molecule has 0 bridgehead atoms. The molecule has 0 atom stereocenters. The summed E-state index contributed by atoms with van der Waals surface area (Å²) in [5.74, 6) is 5.54. The molecule has 1 heterocycles.